The number of aliphatic hydroxyl groups is 1. The lowest BCUT2D eigenvalue weighted by Crippen LogP contribution is -2.31. The van der Waals surface area contributed by atoms with Crippen molar-refractivity contribution in [3.05, 3.63) is 17.7 Å². The summed E-state index contributed by atoms with van der Waals surface area (Å²) >= 11 is 0. The standard InChI is InChI=1S/C13H16O6/c1-13(2,12(15)16)11(14)7-4-8(17-3)10-9(5-7)18-6-19-10/h4-5,11,14H,6H2,1-3H3,(H,15,16). The number of fused-ring (bicyclic) bond motifs is 1. The number of aliphatic carboxylic acids is 1. The van der Waals surface area contributed by atoms with Crippen molar-refractivity contribution in [2.45, 2.75) is 20.0 Å². The molecule has 0 fully saturated rings. The maximum absolute atomic E-state index is 11.2. The molecule has 1 aliphatic heterocycles. The normalized spacial score (nSPS) is 15.2. The molecule has 0 aliphatic carbocycles. The van der Waals surface area contributed by atoms with E-state index in [1.165, 1.54) is 21.0 Å². The minimum absolute atomic E-state index is 0.0769. The van der Waals surface area contributed by atoms with Gasteiger partial charge in [-0.05, 0) is 31.5 Å². The van der Waals surface area contributed by atoms with Crippen molar-refractivity contribution in [3.63, 3.8) is 0 Å². The number of benzene rings is 1. The van der Waals surface area contributed by atoms with Crippen LogP contribution >= 0.6 is 0 Å². The van der Waals surface area contributed by atoms with Crippen LogP contribution in [0, 0.1) is 5.41 Å². The number of hydrogen-bond donors (Lipinski definition) is 2. The van der Waals surface area contributed by atoms with Crippen LogP contribution in [0.1, 0.15) is 25.5 Å². The Bertz CT molecular complexity index is 508. The van der Waals surface area contributed by atoms with E-state index in [0.29, 0.717) is 22.8 Å². The molecular formula is C13H16O6. The van der Waals surface area contributed by atoms with Crippen molar-refractivity contribution in [2.75, 3.05) is 13.9 Å². The molecule has 1 heterocycles. The van der Waals surface area contributed by atoms with E-state index in [-0.39, 0.29) is 6.79 Å². The number of rotatable bonds is 4. The van der Waals surface area contributed by atoms with Crippen LogP contribution in [0.2, 0.25) is 0 Å². The van der Waals surface area contributed by atoms with Crippen LogP contribution in [0.3, 0.4) is 0 Å². The fraction of sp³-hybridized carbons (Fsp3) is 0.462. The van der Waals surface area contributed by atoms with Crippen LogP contribution < -0.4 is 14.2 Å². The minimum atomic E-state index is -1.32. The zero-order chi connectivity index (χ0) is 14.2. The summed E-state index contributed by atoms with van der Waals surface area (Å²) in [7, 11) is 1.47. The molecule has 104 valence electrons. The van der Waals surface area contributed by atoms with E-state index >= 15 is 0 Å². The summed E-state index contributed by atoms with van der Waals surface area (Å²) in [6.45, 7) is 2.99. The molecule has 0 spiro atoms. The molecule has 6 nitrogen and oxygen atoms in total. The van der Waals surface area contributed by atoms with Gasteiger partial charge in [-0.2, -0.15) is 0 Å². The van der Waals surface area contributed by atoms with E-state index in [1.807, 2.05) is 0 Å². The van der Waals surface area contributed by atoms with E-state index in [9.17, 15) is 9.90 Å². The van der Waals surface area contributed by atoms with Crippen molar-refractivity contribution in [2.24, 2.45) is 5.41 Å². The largest absolute Gasteiger partial charge is 0.493 e. The van der Waals surface area contributed by atoms with Crippen LogP contribution in [0.25, 0.3) is 0 Å². The lowest BCUT2D eigenvalue weighted by molar-refractivity contribution is -0.153. The van der Waals surface area contributed by atoms with E-state index in [1.54, 1.807) is 12.1 Å². The SMILES string of the molecule is COc1cc(C(O)C(C)(C)C(=O)O)cc2c1OCO2. The van der Waals surface area contributed by atoms with Gasteiger partial charge in [0.25, 0.3) is 0 Å². The average Bonchev–Trinajstić information content (AvgIpc) is 2.84. The fourth-order valence-electron chi connectivity index (χ4n) is 1.84. The Kier molecular flexibility index (Phi) is 3.28. The minimum Gasteiger partial charge on any atom is -0.493 e. The topological polar surface area (TPSA) is 85.2 Å². The maximum atomic E-state index is 11.2. The number of carboxylic acids is 1. The highest BCUT2D eigenvalue weighted by molar-refractivity contribution is 5.75. The molecule has 2 rings (SSSR count). The first-order valence-electron chi connectivity index (χ1n) is 5.77. The van der Waals surface area contributed by atoms with Crippen LogP contribution in [-0.4, -0.2) is 30.1 Å². The Morgan fingerprint density at radius 2 is 2.11 bits per heavy atom. The summed E-state index contributed by atoms with van der Waals surface area (Å²) in [6.07, 6.45) is -1.19. The molecule has 1 aliphatic rings. The van der Waals surface area contributed by atoms with Gasteiger partial charge >= 0.3 is 5.97 Å². The molecule has 1 aromatic carbocycles. The van der Waals surface area contributed by atoms with Gasteiger partial charge in [-0.1, -0.05) is 0 Å². The zero-order valence-corrected chi connectivity index (χ0v) is 11.0. The number of hydrogen-bond acceptors (Lipinski definition) is 5. The second-order valence-corrected chi connectivity index (χ2v) is 4.89. The molecule has 1 atom stereocenters. The quantitative estimate of drug-likeness (QED) is 0.862. The van der Waals surface area contributed by atoms with Gasteiger partial charge in [0.15, 0.2) is 11.5 Å². The van der Waals surface area contributed by atoms with Crippen molar-refractivity contribution < 1.29 is 29.2 Å². The predicted octanol–water partition coefficient (Wildman–Crippen LogP) is 1.57. The molecule has 0 radical (unpaired) electrons. The average molecular weight is 268 g/mol. The van der Waals surface area contributed by atoms with Gasteiger partial charge in [0.1, 0.15) is 0 Å². The Morgan fingerprint density at radius 1 is 1.42 bits per heavy atom. The fourth-order valence-corrected chi connectivity index (χ4v) is 1.84. The van der Waals surface area contributed by atoms with E-state index in [4.69, 9.17) is 19.3 Å². The first-order valence-corrected chi connectivity index (χ1v) is 5.77. The van der Waals surface area contributed by atoms with Crippen LogP contribution in [-0.2, 0) is 4.79 Å². The van der Waals surface area contributed by atoms with Crippen molar-refractivity contribution in [3.8, 4) is 17.2 Å². The summed E-state index contributed by atoms with van der Waals surface area (Å²) in [5.74, 6) is 0.225. The molecular weight excluding hydrogens is 252 g/mol. The summed E-state index contributed by atoms with van der Waals surface area (Å²) in [6, 6.07) is 3.13. The molecule has 19 heavy (non-hydrogen) atoms. The molecule has 0 saturated carbocycles. The monoisotopic (exact) mass is 268 g/mol. The third-order valence-corrected chi connectivity index (χ3v) is 3.23. The Hall–Kier alpha value is -1.95. The molecule has 1 aromatic rings. The molecule has 0 amide bonds. The summed E-state index contributed by atoms with van der Waals surface area (Å²) in [5, 5.41) is 19.4. The Balaban J connectivity index is 2.44. The van der Waals surface area contributed by atoms with Crippen LogP contribution in [0.15, 0.2) is 12.1 Å². The lowest BCUT2D eigenvalue weighted by Gasteiger charge is -2.26. The summed E-state index contributed by atoms with van der Waals surface area (Å²) in [5.41, 5.74) is -0.910. The first-order chi connectivity index (χ1) is 8.87. The van der Waals surface area contributed by atoms with Crippen molar-refractivity contribution >= 4 is 5.97 Å². The number of ether oxygens (including phenoxy) is 3. The Labute approximate surface area is 110 Å². The predicted molar refractivity (Wildman–Crippen MR) is 65.5 cm³/mol. The van der Waals surface area contributed by atoms with Gasteiger partial charge in [-0.15, -0.1) is 0 Å². The third-order valence-electron chi connectivity index (χ3n) is 3.23. The number of methoxy groups -OCH3 is 1. The number of carboxylic acid groups (broad SMARTS) is 1. The second-order valence-electron chi connectivity index (χ2n) is 4.89. The molecule has 2 N–H and O–H groups in total. The molecule has 0 saturated heterocycles. The smallest absolute Gasteiger partial charge is 0.312 e. The third kappa shape index (κ3) is 2.19. The zero-order valence-electron chi connectivity index (χ0n) is 11.0. The maximum Gasteiger partial charge on any atom is 0.312 e. The van der Waals surface area contributed by atoms with Gasteiger partial charge in [0, 0.05) is 0 Å². The van der Waals surface area contributed by atoms with Gasteiger partial charge in [-0.25, -0.2) is 0 Å². The molecule has 0 bridgehead atoms. The lowest BCUT2D eigenvalue weighted by atomic mass is 9.82. The molecule has 0 aromatic heterocycles. The molecule has 6 heteroatoms. The summed E-state index contributed by atoms with van der Waals surface area (Å²) < 4.78 is 15.6. The summed E-state index contributed by atoms with van der Waals surface area (Å²) in [4.78, 5) is 11.2. The second kappa shape index (κ2) is 4.62. The van der Waals surface area contributed by atoms with Gasteiger partial charge in [0.2, 0.25) is 12.5 Å². The highest BCUT2D eigenvalue weighted by Crippen LogP contribution is 2.45. The van der Waals surface area contributed by atoms with Gasteiger partial charge < -0.3 is 24.4 Å². The van der Waals surface area contributed by atoms with E-state index < -0.39 is 17.5 Å². The van der Waals surface area contributed by atoms with Crippen molar-refractivity contribution in [1.82, 2.24) is 0 Å². The highest BCUT2D eigenvalue weighted by atomic mass is 16.7. The van der Waals surface area contributed by atoms with Crippen LogP contribution in [0.5, 0.6) is 17.2 Å². The Morgan fingerprint density at radius 3 is 2.68 bits per heavy atom. The molecule has 1 unspecified atom stereocenters. The van der Waals surface area contributed by atoms with Crippen LogP contribution in [0.4, 0.5) is 0 Å². The van der Waals surface area contributed by atoms with Crippen molar-refractivity contribution in [1.29, 1.82) is 0 Å². The van der Waals surface area contributed by atoms with Gasteiger partial charge in [0.05, 0.1) is 18.6 Å². The number of carbonyl (C=O) groups is 1. The van der Waals surface area contributed by atoms with E-state index in [2.05, 4.69) is 0 Å². The van der Waals surface area contributed by atoms with Gasteiger partial charge in [-0.3, -0.25) is 4.79 Å². The number of aliphatic hydroxyl groups excluding tert-OH is 1. The van der Waals surface area contributed by atoms with E-state index in [0.717, 1.165) is 0 Å². The first kappa shape index (κ1) is 13.5. The highest BCUT2D eigenvalue weighted by Gasteiger charge is 2.38.